The lowest BCUT2D eigenvalue weighted by Gasteiger charge is -2.37. The van der Waals surface area contributed by atoms with Gasteiger partial charge < -0.3 is 15.0 Å². The molecule has 0 spiro atoms. The Morgan fingerprint density at radius 1 is 1.28 bits per heavy atom. The Hall–Kier alpha value is -2.64. The van der Waals surface area contributed by atoms with Gasteiger partial charge in [0.05, 0.1) is 17.9 Å². The number of rotatable bonds is 4. The number of carbonyl (C=O) groups excluding carboxylic acids is 1. The summed E-state index contributed by atoms with van der Waals surface area (Å²) in [7, 11) is 0. The Morgan fingerprint density at radius 3 is 2.76 bits per heavy atom. The average molecular weight is 417 g/mol. The molecule has 8 heteroatoms. The van der Waals surface area contributed by atoms with Crippen LogP contribution in [0.5, 0.6) is 0 Å². The normalized spacial score (nSPS) is 19.5. The average Bonchev–Trinajstić information content (AvgIpc) is 3.01. The van der Waals surface area contributed by atoms with Gasteiger partial charge in [-0.1, -0.05) is 23.7 Å². The number of amides is 1. The smallest absolute Gasteiger partial charge is 0.271 e. The summed E-state index contributed by atoms with van der Waals surface area (Å²) in [5.74, 6) is -0.681. The van der Waals surface area contributed by atoms with Crippen LogP contribution in [0.25, 0.3) is 5.65 Å². The van der Waals surface area contributed by atoms with Gasteiger partial charge in [-0.15, -0.1) is 0 Å². The van der Waals surface area contributed by atoms with E-state index in [1.54, 1.807) is 28.8 Å². The van der Waals surface area contributed by atoms with Crippen molar-refractivity contribution in [2.45, 2.75) is 32.6 Å². The van der Waals surface area contributed by atoms with Crippen LogP contribution in [-0.2, 0) is 11.3 Å². The molecule has 1 fully saturated rings. The highest BCUT2D eigenvalue weighted by Crippen LogP contribution is 2.25. The molecule has 0 unspecified atom stereocenters. The fraction of sp³-hybridized carbons (Fsp3) is 0.333. The highest BCUT2D eigenvalue weighted by Gasteiger charge is 2.24. The van der Waals surface area contributed by atoms with Gasteiger partial charge in [0.15, 0.2) is 10.8 Å². The van der Waals surface area contributed by atoms with Crippen molar-refractivity contribution >= 4 is 28.8 Å². The van der Waals surface area contributed by atoms with Crippen LogP contribution in [0.2, 0.25) is 5.15 Å². The van der Waals surface area contributed by atoms with Crippen LogP contribution in [-0.4, -0.2) is 40.6 Å². The van der Waals surface area contributed by atoms with Gasteiger partial charge in [-0.3, -0.25) is 9.20 Å². The van der Waals surface area contributed by atoms with E-state index < -0.39 is 0 Å². The molecular weight excluding hydrogens is 395 g/mol. The molecule has 3 aromatic rings. The molecule has 0 bridgehead atoms. The third kappa shape index (κ3) is 4.06. The van der Waals surface area contributed by atoms with E-state index in [4.69, 9.17) is 16.3 Å². The van der Waals surface area contributed by atoms with Crippen LogP contribution in [0.15, 0.2) is 42.6 Å². The fourth-order valence-corrected chi connectivity index (χ4v) is 3.99. The molecule has 0 radical (unpaired) electrons. The highest BCUT2D eigenvalue weighted by molar-refractivity contribution is 6.32. The number of halogens is 2. The Morgan fingerprint density at radius 2 is 2.03 bits per heavy atom. The van der Waals surface area contributed by atoms with Crippen LogP contribution >= 0.6 is 11.6 Å². The van der Waals surface area contributed by atoms with Crippen molar-refractivity contribution < 1.29 is 13.9 Å². The lowest BCUT2D eigenvalue weighted by Crippen LogP contribution is -2.45. The van der Waals surface area contributed by atoms with E-state index in [1.807, 2.05) is 30.9 Å². The summed E-state index contributed by atoms with van der Waals surface area (Å²) < 4.78 is 22.1. The molecule has 1 amide bonds. The molecule has 1 aliphatic rings. The van der Waals surface area contributed by atoms with Crippen LogP contribution < -0.4 is 10.2 Å². The summed E-state index contributed by atoms with van der Waals surface area (Å²) >= 11 is 6.13. The number of benzene rings is 1. The van der Waals surface area contributed by atoms with Crippen molar-refractivity contribution in [3.05, 3.63) is 64.8 Å². The van der Waals surface area contributed by atoms with Gasteiger partial charge in [-0.05, 0) is 43.7 Å². The number of nitrogens with one attached hydrogen (secondary N) is 1. The van der Waals surface area contributed by atoms with Gasteiger partial charge >= 0.3 is 0 Å². The molecule has 152 valence electrons. The first-order valence-corrected chi connectivity index (χ1v) is 9.90. The second kappa shape index (κ2) is 8.00. The zero-order chi connectivity index (χ0) is 20.5. The number of imidazole rings is 1. The highest BCUT2D eigenvalue weighted by atomic mass is 35.5. The molecule has 2 atom stereocenters. The predicted molar refractivity (Wildman–Crippen MR) is 110 cm³/mol. The Bertz CT molecular complexity index is 1040. The minimum Gasteiger partial charge on any atom is -0.372 e. The largest absolute Gasteiger partial charge is 0.372 e. The maximum absolute atomic E-state index is 14.7. The number of carbonyl (C=O) groups is 1. The van der Waals surface area contributed by atoms with E-state index in [2.05, 4.69) is 10.3 Å². The molecule has 4 rings (SSSR count). The lowest BCUT2D eigenvalue weighted by atomic mass is 10.1. The van der Waals surface area contributed by atoms with Gasteiger partial charge in [0.2, 0.25) is 0 Å². The number of fused-ring (bicyclic) bond motifs is 1. The molecule has 3 heterocycles. The maximum Gasteiger partial charge on any atom is 0.271 e. The minimum absolute atomic E-state index is 0.0485. The maximum atomic E-state index is 14.7. The van der Waals surface area contributed by atoms with Crippen molar-refractivity contribution in [3.8, 4) is 0 Å². The molecule has 1 N–H and O–H groups in total. The van der Waals surface area contributed by atoms with Gasteiger partial charge in [-0.25, -0.2) is 9.37 Å². The summed E-state index contributed by atoms with van der Waals surface area (Å²) in [5, 5.41) is 2.92. The molecule has 0 aliphatic carbocycles. The molecule has 0 saturated carbocycles. The fourth-order valence-electron chi connectivity index (χ4n) is 3.73. The monoisotopic (exact) mass is 416 g/mol. The molecule has 1 aromatic carbocycles. The van der Waals surface area contributed by atoms with Crippen molar-refractivity contribution in [2.75, 3.05) is 18.0 Å². The van der Waals surface area contributed by atoms with Crippen LogP contribution in [0.3, 0.4) is 0 Å². The van der Waals surface area contributed by atoms with Gasteiger partial charge in [0.25, 0.3) is 5.91 Å². The van der Waals surface area contributed by atoms with Gasteiger partial charge in [-0.2, -0.15) is 0 Å². The van der Waals surface area contributed by atoms with E-state index in [0.717, 1.165) is 0 Å². The number of pyridine rings is 1. The zero-order valence-corrected chi connectivity index (χ0v) is 17.0. The number of hydrogen-bond acceptors (Lipinski definition) is 4. The summed E-state index contributed by atoms with van der Waals surface area (Å²) in [5.41, 5.74) is 2.06. The third-order valence-electron chi connectivity index (χ3n) is 4.93. The minimum atomic E-state index is -0.367. The van der Waals surface area contributed by atoms with Crippen LogP contribution in [0, 0.1) is 5.82 Å². The van der Waals surface area contributed by atoms with E-state index in [9.17, 15) is 9.18 Å². The van der Waals surface area contributed by atoms with Gasteiger partial charge in [0.1, 0.15) is 11.5 Å². The van der Waals surface area contributed by atoms with Gasteiger partial charge in [0, 0.05) is 25.8 Å². The first kappa shape index (κ1) is 19.7. The SMILES string of the molecule is C[C@@H]1CN(c2ccc(CNC(=O)c3c(Cl)nc4ccccn34)cc2F)C[C@@H](C)O1. The summed E-state index contributed by atoms with van der Waals surface area (Å²) in [6.45, 7) is 5.43. The number of morpholine rings is 1. The van der Waals surface area contributed by atoms with E-state index in [1.165, 1.54) is 6.07 Å². The summed E-state index contributed by atoms with van der Waals surface area (Å²) in [4.78, 5) is 18.8. The van der Waals surface area contributed by atoms with Crippen molar-refractivity contribution in [3.63, 3.8) is 0 Å². The quantitative estimate of drug-likeness (QED) is 0.705. The van der Waals surface area contributed by atoms with E-state index in [-0.39, 0.29) is 41.3 Å². The molecule has 1 saturated heterocycles. The zero-order valence-electron chi connectivity index (χ0n) is 16.2. The van der Waals surface area contributed by atoms with Crippen LogP contribution in [0.1, 0.15) is 29.9 Å². The number of hydrogen-bond donors (Lipinski definition) is 1. The first-order chi connectivity index (χ1) is 13.9. The Balaban J connectivity index is 1.47. The molecule has 1 aliphatic heterocycles. The standard InChI is InChI=1S/C21H22ClFN4O2/c1-13-11-26(12-14(2)29-13)17-7-6-15(9-16(17)23)10-24-21(28)19-20(22)25-18-5-3-4-8-27(18)19/h3-9,13-14H,10-12H2,1-2H3,(H,24,28)/t13-,14-/m1/s1. The lowest BCUT2D eigenvalue weighted by molar-refractivity contribution is -0.00539. The molecular formula is C21H22ClFN4O2. The molecule has 29 heavy (non-hydrogen) atoms. The Kier molecular flexibility index (Phi) is 5.43. The second-order valence-electron chi connectivity index (χ2n) is 7.31. The summed E-state index contributed by atoms with van der Waals surface area (Å²) in [6.07, 6.45) is 1.82. The number of aromatic nitrogens is 2. The number of nitrogens with zero attached hydrogens (tertiary/aromatic N) is 3. The molecule has 6 nitrogen and oxygen atoms in total. The predicted octanol–water partition coefficient (Wildman–Crippen LogP) is 3.67. The summed E-state index contributed by atoms with van der Waals surface area (Å²) in [6, 6.07) is 10.4. The van der Waals surface area contributed by atoms with Crippen molar-refractivity contribution in [2.24, 2.45) is 0 Å². The topological polar surface area (TPSA) is 58.9 Å². The second-order valence-corrected chi connectivity index (χ2v) is 7.67. The van der Waals surface area contributed by atoms with Crippen molar-refractivity contribution in [1.29, 1.82) is 0 Å². The van der Waals surface area contributed by atoms with E-state index >= 15 is 0 Å². The van der Waals surface area contributed by atoms with Crippen LogP contribution in [0.4, 0.5) is 10.1 Å². The number of ether oxygens (including phenoxy) is 1. The number of anilines is 1. The van der Waals surface area contributed by atoms with Crippen molar-refractivity contribution in [1.82, 2.24) is 14.7 Å². The van der Waals surface area contributed by atoms with E-state index in [0.29, 0.717) is 30.0 Å². The first-order valence-electron chi connectivity index (χ1n) is 9.52. The Labute approximate surface area is 173 Å². The molecule has 2 aromatic heterocycles. The third-order valence-corrected chi connectivity index (χ3v) is 5.19.